The Bertz CT molecular complexity index is 363. The van der Waals surface area contributed by atoms with Crippen molar-refractivity contribution in [3.05, 3.63) is 29.6 Å². The summed E-state index contributed by atoms with van der Waals surface area (Å²) in [4.78, 5) is 10.5. The average molecular weight is 212 g/mol. The van der Waals surface area contributed by atoms with Gasteiger partial charge in [-0.15, -0.1) is 0 Å². The van der Waals surface area contributed by atoms with E-state index in [2.05, 4.69) is 0 Å². The number of aliphatic carboxylic acids is 1. The predicted molar refractivity (Wildman–Crippen MR) is 53.6 cm³/mol. The number of rotatable bonds is 4. The van der Waals surface area contributed by atoms with Crippen LogP contribution in [0.2, 0.25) is 0 Å². The summed E-state index contributed by atoms with van der Waals surface area (Å²) in [6, 6.07) is 4.12. The Morgan fingerprint density at radius 3 is 2.80 bits per heavy atom. The second-order valence-electron chi connectivity index (χ2n) is 3.39. The van der Waals surface area contributed by atoms with E-state index in [0.717, 1.165) is 0 Å². The zero-order chi connectivity index (χ0) is 11.4. The van der Waals surface area contributed by atoms with Crippen LogP contribution in [0.15, 0.2) is 18.2 Å². The second-order valence-corrected chi connectivity index (χ2v) is 3.39. The average Bonchev–Trinajstić information content (AvgIpc) is 2.16. The maximum atomic E-state index is 12.9. The molecule has 1 N–H and O–H groups in total. The Morgan fingerprint density at radius 1 is 1.60 bits per heavy atom. The summed E-state index contributed by atoms with van der Waals surface area (Å²) < 4.78 is 17.9. The molecule has 4 heteroatoms. The van der Waals surface area contributed by atoms with Gasteiger partial charge in [-0.1, -0.05) is 13.0 Å². The van der Waals surface area contributed by atoms with Gasteiger partial charge >= 0.3 is 5.97 Å². The summed E-state index contributed by atoms with van der Waals surface area (Å²) in [6.45, 7) is 1.77. The van der Waals surface area contributed by atoms with Gasteiger partial charge in [0.1, 0.15) is 11.6 Å². The van der Waals surface area contributed by atoms with E-state index in [-0.39, 0.29) is 12.3 Å². The molecule has 1 aromatic rings. The number of ether oxygens (including phenoxy) is 1. The second kappa shape index (κ2) is 4.77. The molecule has 3 nitrogen and oxygen atoms in total. The summed E-state index contributed by atoms with van der Waals surface area (Å²) in [7, 11) is 1.44. The molecule has 1 atom stereocenters. The SMILES string of the molecule is COc1cc(F)ccc1C(C)CC(=O)O. The molecule has 0 aromatic heterocycles. The normalized spacial score (nSPS) is 12.2. The summed E-state index contributed by atoms with van der Waals surface area (Å²) in [5, 5.41) is 8.65. The standard InChI is InChI=1S/C11H13FO3/c1-7(5-11(13)14)9-4-3-8(12)6-10(9)15-2/h3-4,6-7H,5H2,1-2H3,(H,13,14). The molecule has 82 valence electrons. The minimum absolute atomic E-state index is 0.00198. The first-order valence-corrected chi connectivity index (χ1v) is 4.59. The molecular formula is C11H13FO3. The molecule has 0 amide bonds. The summed E-state index contributed by atoms with van der Waals surface area (Å²) in [5.41, 5.74) is 0.710. The minimum atomic E-state index is -0.881. The quantitative estimate of drug-likeness (QED) is 0.833. The third-order valence-corrected chi connectivity index (χ3v) is 2.21. The van der Waals surface area contributed by atoms with Crippen molar-refractivity contribution in [1.82, 2.24) is 0 Å². The molecule has 1 rings (SSSR count). The maximum Gasteiger partial charge on any atom is 0.303 e. The van der Waals surface area contributed by atoms with E-state index in [1.807, 2.05) is 0 Å². The highest BCUT2D eigenvalue weighted by molar-refractivity contribution is 5.68. The van der Waals surface area contributed by atoms with Gasteiger partial charge in [0.25, 0.3) is 0 Å². The van der Waals surface area contributed by atoms with Crippen LogP contribution in [0.3, 0.4) is 0 Å². The number of methoxy groups -OCH3 is 1. The lowest BCUT2D eigenvalue weighted by Crippen LogP contribution is -2.04. The molecule has 0 heterocycles. The van der Waals surface area contributed by atoms with Crippen molar-refractivity contribution in [1.29, 1.82) is 0 Å². The topological polar surface area (TPSA) is 46.5 Å². The van der Waals surface area contributed by atoms with Crippen molar-refractivity contribution >= 4 is 5.97 Å². The Hall–Kier alpha value is -1.58. The smallest absolute Gasteiger partial charge is 0.303 e. The molecule has 0 spiro atoms. The molecule has 0 aliphatic carbocycles. The summed E-state index contributed by atoms with van der Waals surface area (Å²) >= 11 is 0. The highest BCUT2D eigenvalue weighted by atomic mass is 19.1. The van der Waals surface area contributed by atoms with Crippen LogP contribution in [-0.2, 0) is 4.79 Å². The minimum Gasteiger partial charge on any atom is -0.496 e. The lowest BCUT2D eigenvalue weighted by atomic mass is 9.97. The number of carboxylic acid groups (broad SMARTS) is 1. The molecule has 1 aromatic carbocycles. The highest BCUT2D eigenvalue weighted by Gasteiger charge is 2.15. The van der Waals surface area contributed by atoms with Crippen molar-refractivity contribution in [3.63, 3.8) is 0 Å². The fourth-order valence-electron chi connectivity index (χ4n) is 1.46. The van der Waals surface area contributed by atoms with E-state index in [1.54, 1.807) is 13.0 Å². The van der Waals surface area contributed by atoms with Crippen LogP contribution in [0, 0.1) is 5.82 Å². The number of halogens is 1. The van der Waals surface area contributed by atoms with Crippen LogP contribution >= 0.6 is 0 Å². The first-order chi connectivity index (χ1) is 7.04. The van der Waals surface area contributed by atoms with Crippen molar-refractivity contribution in [2.24, 2.45) is 0 Å². The molecule has 0 saturated heterocycles. The van der Waals surface area contributed by atoms with E-state index >= 15 is 0 Å². The van der Waals surface area contributed by atoms with Gasteiger partial charge in [-0.05, 0) is 17.5 Å². The van der Waals surface area contributed by atoms with Crippen LogP contribution < -0.4 is 4.74 Å². The van der Waals surface area contributed by atoms with Gasteiger partial charge in [0, 0.05) is 6.07 Å². The monoisotopic (exact) mass is 212 g/mol. The molecule has 0 aliphatic heterocycles. The number of hydrogen-bond donors (Lipinski definition) is 1. The van der Waals surface area contributed by atoms with E-state index in [4.69, 9.17) is 9.84 Å². The lowest BCUT2D eigenvalue weighted by Gasteiger charge is -2.13. The number of carbonyl (C=O) groups is 1. The summed E-state index contributed by atoms with van der Waals surface area (Å²) in [6.07, 6.45) is 0.00198. The van der Waals surface area contributed by atoms with Gasteiger partial charge in [0.15, 0.2) is 0 Å². The van der Waals surface area contributed by atoms with Gasteiger partial charge < -0.3 is 9.84 Å². The fourth-order valence-corrected chi connectivity index (χ4v) is 1.46. The van der Waals surface area contributed by atoms with E-state index < -0.39 is 11.8 Å². The highest BCUT2D eigenvalue weighted by Crippen LogP contribution is 2.29. The molecule has 0 saturated carbocycles. The Morgan fingerprint density at radius 2 is 2.27 bits per heavy atom. The van der Waals surface area contributed by atoms with Crippen LogP contribution in [0.1, 0.15) is 24.8 Å². The molecule has 0 fully saturated rings. The Balaban J connectivity index is 2.97. The first-order valence-electron chi connectivity index (χ1n) is 4.59. The van der Waals surface area contributed by atoms with Gasteiger partial charge in [-0.25, -0.2) is 4.39 Å². The molecule has 1 unspecified atom stereocenters. The number of benzene rings is 1. The Kier molecular flexibility index (Phi) is 3.66. The van der Waals surface area contributed by atoms with Crippen LogP contribution in [0.4, 0.5) is 4.39 Å². The number of hydrogen-bond acceptors (Lipinski definition) is 2. The fraction of sp³-hybridized carbons (Fsp3) is 0.364. The van der Waals surface area contributed by atoms with Gasteiger partial charge in [0.2, 0.25) is 0 Å². The van der Waals surface area contributed by atoms with E-state index in [9.17, 15) is 9.18 Å². The molecule has 15 heavy (non-hydrogen) atoms. The van der Waals surface area contributed by atoms with Crippen LogP contribution in [0.5, 0.6) is 5.75 Å². The maximum absolute atomic E-state index is 12.9. The predicted octanol–water partition coefficient (Wildman–Crippen LogP) is 2.41. The number of carboxylic acids is 1. The molecule has 0 bridgehead atoms. The zero-order valence-electron chi connectivity index (χ0n) is 8.66. The lowest BCUT2D eigenvalue weighted by molar-refractivity contribution is -0.137. The molecule has 0 aliphatic rings. The summed E-state index contributed by atoms with van der Waals surface area (Å²) in [5.74, 6) is -1.08. The van der Waals surface area contributed by atoms with Crippen molar-refractivity contribution in [2.45, 2.75) is 19.3 Å². The Labute approximate surface area is 87.5 Å². The van der Waals surface area contributed by atoms with Crippen LogP contribution in [-0.4, -0.2) is 18.2 Å². The van der Waals surface area contributed by atoms with Crippen molar-refractivity contribution < 1.29 is 19.0 Å². The van der Waals surface area contributed by atoms with Gasteiger partial charge in [-0.2, -0.15) is 0 Å². The third kappa shape index (κ3) is 2.94. The van der Waals surface area contributed by atoms with Crippen molar-refractivity contribution in [3.8, 4) is 5.75 Å². The van der Waals surface area contributed by atoms with Gasteiger partial charge in [0.05, 0.1) is 13.5 Å². The molecular weight excluding hydrogens is 199 g/mol. The van der Waals surface area contributed by atoms with Crippen LogP contribution in [0.25, 0.3) is 0 Å². The molecule has 0 radical (unpaired) electrons. The van der Waals surface area contributed by atoms with Crippen molar-refractivity contribution in [2.75, 3.05) is 7.11 Å². The van der Waals surface area contributed by atoms with E-state index in [1.165, 1.54) is 19.2 Å². The largest absolute Gasteiger partial charge is 0.496 e. The first kappa shape index (κ1) is 11.5. The van der Waals surface area contributed by atoms with Gasteiger partial charge in [-0.3, -0.25) is 4.79 Å². The zero-order valence-corrected chi connectivity index (χ0v) is 8.66. The third-order valence-electron chi connectivity index (χ3n) is 2.21. The van der Waals surface area contributed by atoms with E-state index in [0.29, 0.717) is 11.3 Å².